The van der Waals surface area contributed by atoms with Crippen LogP contribution in [0.15, 0.2) is 65.8 Å². The molecule has 0 bridgehead atoms. The predicted molar refractivity (Wildman–Crippen MR) is 124 cm³/mol. The van der Waals surface area contributed by atoms with Crippen LogP contribution in [0.25, 0.3) is 0 Å². The fourth-order valence-electron chi connectivity index (χ4n) is 3.62. The molecule has 4 rings (SSSR count). The van der Waals surface area contributed by atoms with Crippen molar-refractivity contribution in [1.29, 1.82) is 0 Å². The first-order valence-corrected chi connectivity index (χ1v) is 10.4. The van der Waals surface area contributed by atoms with E-state index in [-0.39, 0.29) is 11.7 Å². The Labute approximate surface area is 186 Å². The van der Waals surface area contributed by atoms with Crippen LogP contribution in [0, 0.1) is 0 Å². The number of methoxy groups -OCH3 is 1. The normalized spacial score (nSPS) is 12.6. The van der Waals surface area contributed by atoms with Gasteiger partial charge in [-0.3, -0.25) is 4.79 Å². The second kappa shape index (κ2) is 9.43. The van der Waals surface area contributed by atoms with Crippen LogP contribution >= 0.6 is 0 Å². The Kier molecular flexibility index (Phi) is 6.26. The fourth-order valence-corrected chi connectivity index (χ4v) is 3.62. The maximum atomic E-state index is 12.6. The van der Waals surface area contributed by atoms with Gasteiger partial charge in [-0.05, 0) is 78.2 Å². The van der Waals surface area contributed by atoms with Crippen LogP contribution in [-0.4, -0.2) is 30.9 Å². The highest BCUT2D eigenvalue weighted by Gasteiger charge is 2.20. The van der Waals surface area contributed by atoms with E-state index in [1.807, 2.05) is 49.4 Å². The third-order valence-electron chi connectivity index (χ3n) is 5.29. The molecule has 1 aliphatic heterocycles. The summed E-state index contributed by atoms with van der Waals surface area (Å²) in [5, 5.41) is 13.8. The Morgan fingerprint density at radius 3 is 2.62 bits per heavy atom. The summed E-state index contributed by atoms with van der Waals surface area (Å²) in [6.45, 7) is 3.82. The number of hydrazone groups is 1. The summed E-state index contributed by atoms with van der Waals surface area (Å²) in [6.07, 6.45) is 1.51. The van der Waals surface area contributed by atoms with E-state index in [0.29, 0.717) is 23.5 Å². The van der Waals surface area contributed by atoms with E-state index in [2.05, 4.69) is 15.4 Å². The molecule has 0 saturated carbocycles. The minimum atomic E-state index is -0.282. The number of aromatic hydroxyl groups is 1. The number of anilines is 1. The smallest absolute Gasteiger partial charge is 0.271 e. The maximum absolute atomic E-state index is 12.6. The predicted octanol–water partition coefficient (Wildman–Crippen LogP) is 4.08. The molecular formula is C25H25N3O4. The van der Waals surface area contributed by atoms with Crippen LogP contribution < -0.4 is 19.8 Å². The molecule has 0 aromatic heterocycles. The van der Waals surface area contributed by atoms with Crippen LogP contribution in [-0.2, 0) is 13.1 Å². The van der Waals surface area contributed by atoms with Crippen molar-refractivity contribution >= 4 is 17.8 Å². The molecule has 1 aliphatic rings. The van der Waals surface area contributed by atoms with Crippen molar-refractivity contribution in [3.05, 3.63) is 82.9 Å². The number of hydrogen-bond acceptors (Lipinski definition) is 6. The maximum Gasteiger partial charge on any atom is 0.271 e. The van der Waals surface area contributed by atoms with Crippen molar-refractivity contribution in [2.24, 2.45) is 5.10 Å². The van der Waals surface area contributed by atoms with Crippen molar-refractivity contribution in [2.45, 2.75) is 20.0 Å². The van der Waals surface area contributed by atoms with Gasteiger partial charge >= 0.3 is 0 Å². The van der Waals surface area contributed by atoms with Crippen molar-refractivity contribution in [3.63, 3.8) is 0 Å². The second-order valence-electron chi connectivity index (χ2n) is 7.40. The molecule has 7 heteroatoms. The van der Waals surface area contributed by atoms with Crippen molar-refractivity contribution in [2.75, 3.05) is 18.6 Å². The van der Waals surface area contributed by atoms with Crippen molar-refractivity contribution in [3.8, 4) is 17.2 Å². The van der Waals surface area contributed by atoms with Crippen LogP contribution in [0.4, 0.5) is 5.69 Å². The molecule has 2 N–H and O–H groups in total. The first-order chi connectivity index (χ1) is 15.6. The third kappa shape index (κ3) is 4.67. The number of carbonyl (C=O) groups excluding carboxylic acids is 1. The molecule has 0 fully saturated rings. The molecule has 32 heavy (non-hydrogen) atoms. The lowest BCUT2D eigenvalue weighted by Crippen LogP contribution is -2.18. The topological polar surface area (TPSA) is 83.4 Å². The average molecular weight is 431 g/mol. The minimum Gasteiger partial charge on any atom is -0.504 e. The zero-order valence-electron chi connectivity index (χ0n) is 18.0. The van der Waals surface area contributed by atoms with Gasteiger partial charge in [-0.2, -0.15) is 5.10 Å². The molecular weight excluding hydrogens is 406 g/mol. The van der Waals surface area contributed by atoms with E-state index < -0.39 is 0 Å². The summed E-state index contributed by atoms with van der Waals surface area (Å²) in [6, 6.07) is 18.6. The van der Waals surface area contributed by atoms with E-state index in [9.17, 15) is 9.90 Å². The summed E-state index contributed by atoms with van der Waals surface area (Å²) in [4.78, 5) is 14.8. The van der Waals surface area contributed by atoms with Gasteiger partial charge in [0.05, 0.1) is 19.9 Å². The molecule has 7 nitrogen and oxygen atoms in total. The zero-order chi connectivity index (χ0) is 22.5. The molecule has 1 amide bonds. The number of phenolic OH excluding ortho intramolecular Hbond substituents is 1. The van der Waals surface area contributed by atoms with E-state index in [0.717, 1.165) is 30.1 Å². The Bertz CT molecular complexity index is 1140. The molecule has 3 aromatic carbocycles. The van der Waals surface area contributed by atoms with Crippen molar-refractivity contribution < 1.29 is 19.4 Å². The largest absolute Gasteiger partial charge is 0.504 e. The molecule has 0 saturated heterocycles. The highest BCUT2D eigenvalue weighted by atomic mass is 16.5. The first kappa shape index (κ1) is 21.2. The van der Waals surface area contributed by atoms with Gasteiger partial charge in [-0.15, -0.1) is 0 Å². The lowest BCUT2D eigenvalue weighted by Gasteiger charge is -2.17. The molecule has 3 aromatic rings. The Balaban J connectivity index is 1.40. The summed E-state index contributed by atoms with van der Waals surface area (Å²) < 4.78 is 10.6. The molecule has 0 atom stereocenters. The monoisotopic (exact) mass is 431 g/mol. The first-order valence-electron chi connectivity index (χ1n) is 10.4. The van der Waals surface area contributed by atoms with E-state index in [4.69, 9.17) is 9.47 Å². The fraction of sp³-hybridized carbons (Fsp3) is 0.200. The highest BCUT2D eigenvalue weighted by molar-refractivity contribution is 5.95. The number of nitrogens with zero attached hydrogens (tertiary/aromatic N) is 2. The summed E-state index contributed by atoms with van der Waals surface area (Å²) in [5.74, 6) is 0.986. The quantitative estimate of drug-likeness (QED) is 0.435. The second-order valence-corrected chi connectivity index (χ2v) is 7.40. The van der Waals surface area contributed by atoms with Gasteiger partial charge in [0, 0.05) is 24.3 Å². The van der Waals surface area contributed by atoms with E-state index >= 15 is 0 Å². The van der Waals surface area contributed by atoms with Crippen LogP contribution in [0.2, 0.25) is 0 Å². The number of amides is 1. The molecule has 164 valence electrons. The van der Waals surface area contributed by atoms with Gasteiger partial charge in [0.15, 0.2) is 11.5 Å². The molecule has 0 spiro atoms. The molecule has 1 heterocycles. The number of rotatable bonds is 7. The van der Waals surface area contributed by atoms with Gasteiger partial charge in [-0.1, -0.05) is 6.07 Å². The number of fused-ring (bicyclic) bond motifs is 1. The van der Waals surface area contributed by atoms with Crippen molar-refractivity contribution in [1.82, 2.24) is 5.43 Å². The number of hydrogen-bond donors (Lipinski definition) is 2. The van der Waals surface area contributed by atoms with E-state index in [1.54, 1.807) is 19.2 Å². The molecule has 0 radical (unpaired) electrons. The van der Waals surface area contributed by atoms with Gasteiger partial charge in [0.25, 0.3) is 5.91 Å². The Hall–Kier alpha value is -4.00. The van der Waals surface area contributed by atoms with E-state index in [1.165, 1.54) is 17.8 Å². The van der Waals surface area contributed by atoms with Gasteiger partial charge in [0.2, 0.25) is 0 Å². The molecule has 0 unspecified atom stereocenters. The zero-order valence-corrected chi connectivity index (χ0v) is 18.0. The average Bonchev–Trinajstić information content (AvgIpc) is 3.24. The Morgan fingerprint density at radius 1 is 1.09 bits per heavy atom. The number of carbonyl (C=O) groups is 1. The molecule has 0 aliphatic carbocycles. The number of benzene rings is 3. The number of nitrogens with one attached hydrogen (secondary N) is 1. The third-order valence-corrected chi connectivity index (χ3v) is 5.29. The Morgan fingerprint density at radius 2 is 1.88 bits per heavy atom. The summed E-state index contributed by atoms with van der Waals surface area (Å²) >= 11 is 0. The highest BCUT2D eigenvalue weighted by Crippen LogP contribution is 2.30. The summed E-state index contributed by atoms with van der Waals surface area (Å²) in [5.41, 5.74) is 7.25. The standard InChI is InChI=1S/C25H25N3O4/c1-3-32-24-12-17(4-11-23(24)29)14-26-27-25(30)18-5-6-19-15-28(16-20(19)13-18)21-7-9-22(31-2)10-8-21/h4-14,29H,3,15-16H2,1-2H3,(H,27,30)/b26-14+. The van der Waals surface area contributed by atoms with Gasteiger partial charge in [-0.25, -0.2) is 5.43 Å². The lowest BCUT2D eigenvalue weighted by molar-refractivity contribution is 0.0955. The summed E-state index contributed by atoms with van der Waals surface area (Å²) in [7, 11) is 1.65. The van der Waals surface area contributed by atoms with Gasteiger partial charge < -0.3 is 19.5 Å². The minimum absolute atomic E-state index is 0.0647. The van der Waals surface area contributed by atoms with Gasteiger partial charge in [0.1, 0.15) is 5.75 Å². The number of ether oxygens (including phenoxy) is 2. The number of phenols is 1. The SMILES string of the molecule is CCOc1cc(/C=N/NC(=O)c2ccc3c(c2)CN(c2ccc(OC)cc2)C3)ccc1O. The van der Waals surface area contributed by atoms with Crippen LogP contribution in [0.5, 0.6) is 17.2 Å². The van der Waals surface area contributed by atoms with Crippen LogP contribution in [0.3, 0.4) is 0 Å². The lowest BCUT2D eigenvalue weighted by atomic mass is 10.1. The van der Waals surface area contributed by atoms with Crippen LogP contribution in [0.1, 0.15) is 34.0 Å².